The number of fused-ring (bicyclic) bond motifs is 4. The van der Waals surface area contributed by atoms with E-state index in [1.54, 1.807) is 35.4 Å². The molecule has 1 fully saturated rings. The van der Waals surface area contributed by atoms with E-state index in [-0.39, 0.29) is 18.4 Å². The van der Waals surface area contributed by atoms with Crippen molar-refractivity contribution in [1.29, 1.82) is 0 Å². The molecule has 2 atom stereocenters. The number of nitrogens with one attached hydrogen (secondary N) is 3. The number of aromatic nitrogens is 2. The second-order valence-corrected chi connectivity index (χ2v) is 9.71. The Labute approximate surface area is 230 Å². The van der Waals surface area contributed by atoms with E-state index < -0.39 is 18.2 Å². The molecule has 5 rings (SSSR count). The zero-order chi connectivity index (χ0) is 27.4. The maximum absolute atomic E-state index is 13.2. The summed E-state index contributed by atoms with van der Waals surface area (Å²) in [6.07, 6.45) is 6.04. The molecule has 0 spiro atoms. The molecule has 2 aliphatic rings. The molecule has 202 valence electrons. The summed E-state index contributed by atoms with van der Waals surface area (Å²) in [6, 6.07) is 12.1. The fourth-order valence-corrected chi connectivity index (χ4v) is 4.95. The standard InChI is InChI=1S/C28H28ClN5O5/c1-38-27(36)31-19-10-11-20-21(15-19)32-25(35)9-4-2-3-8-23(26-30-16-22(20)33-26)34-13-12-24(39-28(34)37)17-6-5-7-18(29)14-17/h2-3,5-7,10-11,14-16,23-24H,4,8-9,12-13H2,1H3,(H,30,33)(H,31,36)(H,32,35)/b3-2-/t23-,24+/m0/s1. The number of hydrogen-bond donors (Lipinski definition) is 3. The Kier molecular flexibility index (Phi) is 7.83. The molecular formula is C28H28ClN5O5. The number of amides is 3. The van der Waals surface area contributed by atoms with E-state index in [0.29, 0.717) is 59.3 Å². The summed E-state index contributed by atoms with van der Waals surface area (Å²) in [6.45, 7) is 0.476. The van der Waals surface area contributed by atoms with Crippen LogP contribution in [0, 0.1) is 0 Å². The van der Waals surface area contributed by atoms with Gasteiger partial charge in [-0.15, -0.1) is 0 Å². The monoisotopic (exact) mass is 549 g/mol. The molecule has 11 heteroatoms. The molecule has 3 N–H and O–H groups in total. The van der Waals surface area contributed by atoms with Crippen molar-refractivity contribution in [3.63, 3.8) is 0 Å². The van der Waals surface area contributed by atoms with E-state index in [4.69, 9.17) is 16.3 Å². The SMILES string of the molecule is COC(=O)Nc1ccc2c(c1)NC(=O)CC/C=C\C[C@H](N1CC[C@H](c3cccc(Cl)c3)OC1=O)c1ncc-2[nH]1. The summed E-state index contributed by atoms with van der Waals surface area (Å²) in [5.41, 5.74) is 3.17. The van der Waals surface area contributed by atoms with Crippen LogP contribution in [-0.2, 0) is 14.3 Å². The summed E-state index contributed by atoms with van der Waals surface area (Å²) in [5.74, 6) is 0.430. The van der Waals surface area contributed by atoms with Gasteiger partial charge in [0.15, 0.2) is 0 Å². The van der Waals surface area contributed by atoms with Crippen LogP contribution in [0.15, 0.2) is 60.8 Å². The van der Waals surface area contributed by atoms with Crippen molar-refractivity contribution in [2.75, 3.05) is 24.3 Å². The number of aromatic amines is 1. The van der Waals surface area contributed by atoms with Gasteiger partial charge in [0.25, 0.3) is 0 Å². The molecule has 1 saturated heterocycles. The summed E-state index contributed by atoms with van der Waals surface area (Å²) in [4.78, 5) is 47.2. The summed E-state index contributed by atoms with van der Waals surface area (Å²) in [7, 11) is 1.28. The summed E-state index contributed by atoms with van der Waals surface area (Å²) in [5, 5.41) is 6.13. The number of cyclic esters (lactones) is 1. The minimum absolute atomic E-state index is 0.168. The van der Waals surface area contributed by atoms with E-state index in [9.17, 15) is 14.4 Å². The molecule has 10 nitrogen and oxygen atoms in total. The van der Waals surface area contributed by atoms with E-state index in [2.05, 4.69) is 25.3 Å². The predicted octanol–water partition coefficient (Wildman–Crippen LogP) is 6.21. The molecular weight excluding hydrogens is 522 g/mol. The molecule has 0 radical (unpaired) electrons. The first-order chi connectivity index (χ1) is 18.9. The van der Waals surface area contributed by atoms with Crippen LogP contribution < -0.4 is 10.6 Å². The van der Waals surface area contributed by atoms with Crippen LogP contribution in [-0.4, -0.2) is 46.6 Å². The van der Waals surface area contributed by atoms with E-state index in [0.717, 1.165) is 5.56 Å². The van der Waals surface area contributed by atoms with Gasteiger partial charge in [0.05, 0.1) is 30.7 Å². The van der Waals surface area contributed by atoms with E-state index >= 15 is 0 Å². The lowest BCUT2D eigenvalue weighted by molar-refractivity contribution is -0.116. The van der Waals surface area contributed by atoms with Gasteiger partial charge in [-0.2, -0.15) is 0 Å². The normalized spacial score (nSPS) is 20.3. The second kappa shape index (κ2) is 11.6. The largest absolute Gasteiger partial charge is 0.453 e. The molecule has 0 saturated carbocycles. The topological polar surface area (TPSA) is 126 Å². The average molecular weight is 550 g/mol. The first-order valence-corrected chi connectivity index (χ1v) is 13.0. The highest BCUT2D eigenvalue weighted by atomic mass is 35.5. The number of ether oxygens (including phenoxy) is 2. The number of allylic oxidation sites excluding steroid dienone is 1. The van der Waals surface area contributed by atoms with Crippen LogP contribution in [0.25, 0.3) is 11.3 Å². The highest BCUT2D eigenvalue weighted by molar-refractivity contribution is 6.30. The Hall–Kier alpha value is -4.31. The van der Waals surface area contributed by atoms with Gasteiger partial charge >= 0.3 is 12.2 Å². The van der Waals surface area contributed by atoms with Crippen molar-refractivity contribution < 1.29 is 23.9 Å². The third-order valence-corrected chi connectivity index (χ3v) is 6.93. The van der Waals surface area contributed by atoms with Gasteiger partial charge in [0.1, 0.15) is 11.9 Å². The van der Waals surface area contributed by atoms with Gasteiger partial charge < -0.3 is 19.8 Å². The molecule has 2 bridgehead atoms. The number of anilines is 2. The van der Waals surface area contributed by atoms with Crippen LogP contribution >= 0.6 is 11.6 Å². The van der Waals surface area contributed by atoms with E-state index in [1.807, 2.05) is 30.4 Å². The third-order valence-electron chi connectivity index (χ3n) is 6.70. The summed E-state index contributed by atoms with van der Waals surface area (Å²) >= 11 is 6.14. The lowest BCUT2D eigenvalue weighted by atomic mass is 10.0. The molecule has 2 aliphatic heterocycles. The van der Waals surface area contributed by atoms with Gasteiger partial charge in [-0.1, -0.05) is 35.9 Å². The Morgan fingerprint density at radius 2 is 2.08 bits per heavy atom. The molecule has 3 heterocycles. The van der Waals surface area contributed by atoms with Gasteiger partial charge in [0, 0.05) is 35.7 Å². The highest BCUT2D eigenvalue weighted by Gasteiger charge is 2.35. The molecule has 3 aromatic rings. The Balaban J connectivity index is 1.43. The number of nitrogens with zero attached hydrogens (tertiary/aromatic N) is 2. The number of halogens is 1. The van der Waals surface area contributed by atoms with Crippen LogP contribution in [0.1, 0.15) is 49.2 Å². The van der Waals surface area contributed by atoms with Crippen LogP contribution in [0.3, 0.4) is 0 Å². The maximum atomic E-state index is 13.2. The van der Waals surface area contributed by atoms with Crippen LogP contribution in [0.5, 0.6) is 0 Å². The van der Waals surface area contributed by atoms with Crippen molar-refractivity contribution in [2.24, 2.45) is 0 Å². The number of carbonyl (C=O) groups is 3. The zero-order valence-electron chi connectivity index (χ0n) is 21.3. The molecule has 0 unspecified atom stereocenters. The third kappa shape index (κ3) is 6.06. The molecule has 3 amide bonds. The van der Waals surface area contributed by atoms with Crippen LogP contribution in [0.4, 0.5) is 21.0 Å². The van der Waals surface area contributed by atoms with Crippen molar-refractivity contribution >= 4 is 41.1 Å². The van der Waals surface area contributed by atoms with E-state index in [1.165, 1.54) is 7.11 Å². The minimum atomic E-state index is -0.617. The zero-order valence-corrected chi connectivity index (χ0v) is 22.0. The number of benzene rings is 2. The molecule has 0 aliphatic carbocycles. The minimum Gasteiger partial charge on any atom is -0.453 e. The van der Waals surface area contributed by atoms with Crippen molar-refractivity contribution in [3.05, 3.63) is 77.2 Å². The number of methoxy groups -OCH3 is 1. The average Bonchev–Trinajstić information content (AvgIpc) is 3.40. The maximum Gasteiger partial charge on any atom is 0.411 e. The smallest absolute Gasteiger partial charge is 0.411 e. The van der Waals surface area contributed by atoms with Gasteiger partial charge in [-0.3, -0.25) is 15.0 Å². The quantitative estimate of drug-likeness (QED) is 0.333. The number of imidazole rings is 1. The Bertz CT molecular complexity index is 1420. The van der Waals surface area contributed by atoms with Gasteiger partial charge in [-0.25, -0.2) is 14.6 Å². The summed E-state index contributed by atoms with van der Waals surface area (Å²) < 4.78 is 10.5. The lowest BCUT2D eigenvalue weighted by Crippen LogP contribution is -2.41. The number of rotatable bonds is 3. The fraction of sp³-hybridized carbons (Fsp3) is 0.286. The fourth-order valence-electron chi connectivity index (χ4n) is 4.75. The predicted molar refractivity (Wildman–Crippen MR) is 146 cm³/mol. The molecule has 39 heavy (non-hydrogen) atoms. The first kappa shape index (κ1) is 26.3. The second-order valence-electron chi connectivity index (χ2n) is 9.28. The molecule has 2 aromatic carbocycles. The lowest BCUT2D eigenvalue weighted by Gasteiger charge is -2.36. The first-order valence-electron chi connectivity index (χ1n) is 12.6. The van der Waals surface area contributed by atoms with Crippen LogP contribution in [0.2, 0.25) is 5.02 Å². The van der Waals surface area contributed by atoms with Crippen molar-refractivity contribution in [3.8, 4) is 11.3 Å². The Morgan fingerprint density at radius 3 is 2.87 bits per heavy atom. The van der Waals surface area contributed by atoms with Crippen molar-refractivity contribution in [1.82, 2.24) is 14.9 Å². The molecule has 1 aromatic heterocycles. The number of carbonyl (C=O) groups excluding carboxylic acids is 3. The number of hydrogen-bond acceptors (Lipinski definition) is 6. The van der Waals surface area contributed by atoms with Gasteiger partial charge in [-0.05, 0) is 48.7 Å². The highest BCUT2D eigenvalue weighted by Crippen LogP contribution is 2.36. The van der Waals surface area contributed by atoms with Gasteiger partial charge in [0.2, 0.25) is 5.91 Å². The Morgan fingerprint density at radius 1 is 1.21 bits per heavy atom. The number of H-pyrrole nitrogens is 1. The van der Waals surface area contributed by atoms with Crippen molar-refractivity contribution in [2.45, 2.75) is 37.8 Å².